The minimum atomic E-state index is 0.0736. The van der Waals surface area contributed by atoms with Crippen molar-refractivity contribution >= 4 is 10.9 Å². The molecule has 5 rings (SSSR count). The van der Waals surface area contributed by atoms with Crippen molar-refractivity contribution in [2.75, 3.05) is 19.7 Å². The van der Waals surface area contributed by atoms with E-state index in [0.29, 0.717) is 6.23 Å². The second kappa shape index (κ2) is 9.47. The van der Waals surface area contributed by atoms with Gasteiger partial charge in [-0.2, -0.15) is 0 Å². The van der Waals surface area contributed by atoms with Gasteiger partial charge in [0.25, 0.3) is 0 Å². The molecule has 0 radical (unpaired) electrons. The van der Waals surface area contributed by atoms with Crippen LogP contribution in [0.3, 0.4) is 0 Å². The van der Waals surface area contributed by atoms with Crippen LogP contribution in [0.25, 0.3) is 22.0 Å². The van der Waals surface area contributed by atoms with Gasteiger partial charge in [0.05, 0.1) is 6.10 Å². The Morgan fingerprint density at radius 1 is 1.00 bits per heavy atom. The quantitative estimate of drug-likeness (QED) is 0.502. The summed E-state index contributed by atoms with van der Waals surface area (Å²) in [5.74, 6) is 1.77. The van der Waals surface area contributed by atoms with Crippen LogP contribution in [0.5, 0.6) is 11.5 Å². The van der Waals surface area contributed by atoms with Gasteiger partial charge in [0.15, 0.2) is 5.75 Å². The molecule has 3 aromatic rings. The number of aromatic nitrogens is 1. The predicted molar refractivity (Wildman–Crippen MR) is 127 cm³/mol. The van der Waals surface area contributed by atoms with E-state index in [4.69, 9.17) is 14.2 Å². The molecule has 1 aromatic heterocycles. The molecule has 0 saturated carbocycles. The molecule has 2 aliphatic heterocycles. The summed E-state index contributed by atoms with van der Waals surface area (Å²) < 4.78 is 18.4. The van der Waals surface area contributed by atoms with E-state index in [2.05, 4.69) is 52.3 Å². The molecule has 5 heteroatoms. The average molecular weight is 433 g/mol. The van der Waals surface area contributed by atoms with E-state index in [0.717, 1.165) is 66.1 Å². The molecule has 3 heterocycles. The Hall–Kier alpha value is -2.63. The number of piperidine rings is 1. The lowest BCUT2D eigenvalue weighted by molar-refractivity contribution is -0.0441. The van der Waals surface area contributed by atoms with Crippen molar-refractivity contribution in [3.05, 3.63) is 54.7 Å². The van der Waals surface area contributed by atoms with Crippen molar-refractivity contribution in [2.45, 2.75) is 58.0 Å². The first-order valence-corrected chi connectivity index (χ1v) is 11.8. The molecule has 0 amide bonds. The maximum Gasteiger partial charge on any atom is 0.153 e. The molecule has 32 heavy (non-hydrogen) atoms. The number of likely N-dealkylation sites (tertiary alicyclic amines) is 1. The molecular weight excluding hydrogens is 400 g/mol. The summed E-state index contributed by atoms with van der Waals surface area (Å²) in [6.07, 6.45) is 6.93. The summed E-state index contributed by atoms with van der Waals surface area (Å²) in [5.41, 5.74) is 3.06. The Kier molecular flexibility index (Phi) is 6.28. The fraction of sp³-hybridized carbons (Fsp3) is 0.444. The molecule has 0 spiro atoms. The Morgan fingerprint density at radius 3 is 2.53 bits per heavy atom. The van der Waals surface area contributed by atoms with Gasteiger partial charge >= 0.3 is 0 Å². The lowest BCUT2D eigenvalue weighted by Gasteiger charge is -2.35. The van der Waals surface area contributed by atoms with E-state index in [1.54, 1.807) is 0 Å². The van der Waals surface area contributed by atoms with Crippen LogP contribution in [-0.4, -0.2) is 48.0 Å². The van der Waals surface area contributed by atoms with E-state index in [9.17, 15) is 0 Å². The third-order valence-corrected chi connectivity index (χ3v) is 6.34. The number of fused-ring (bicyclic) bond motifs is 1. The molecule has 168 valence electrons. The summed E-state index contributed by atoms with van der Waals surface area (Å²) in [6.45, 7) is 7.10. The fourth-order valence-electron chi connectivity index (χ4n) is 4.74. The first-order chi connectivity index (χ1) is 15.7. The average Bonchev–Trinajstić information content (AvgIpc) is 3.35. The lowest BCUT2D eigenvalue weighted by atomic mass is 10.0. The molecule has 1 atom stereocenters. The van der Waals surface area contributed by atoms with Crippen molar-refractivity contribution < 1.29 is 14.2 Å². The van der Waals surface area contributed by atoms with Crippen LogP contribution in [0.15, 0.2) is 54.7 Å². The van der Waals surface area contributed by atoms with Crippen LogP contribution in [-0.2, 0) is 4.74 Å². The number of rotatable bonds is 6. The number of nitrogens with zero attached hydrogens (tertiary/aromatic N) is 2. The first-order valence-electron chi connectivity index (χ1n) is 11.8. The topological polar surface area (TPSA) is 43.8 Å². The van der Waals surface area contributed by atoms with Gasteiger partial charge in [-0.25, -0.2) is 0 Å². The van der Waals surface area contributed by atoms with Crippen LogP contribution < -0.4 is 9.47 Å². The van der Waals surface area contributed by atoms with Gasteiger partial charge in [-0.1, -0.05) is 24.3 Å². The highest BCUT2D eigenvalue weighted by atomic mass is 16.5. The van der Waals surface area contributed by atoms with Crippen LogP contribution in [0.2, 0.25) is 0 Å². The van der Waals surface area contributed by atoms with Gasteiger partial charge in [0.2, 0.25) is 0 Å². The summed E-state index contributed by atoms with van der Waals surface area (Å²) in [5, 5.41) is 1.08. The third kappa shape index (κ3) is 4.59. The maximum atomic E-state index is 6.31. The number of hydrogen-bond acceptors (Lipinski definition) is 5. The Balaban J connectivity index is 1.29. The highest BCUT2D eigenvalue weighted by Crippen LogP contribution is 2.37. The highest BCUT2D eigenvalue weighted by molar-refractivity contribution is 5.92. The number of benzene rings is 2. The minimum Gasteiger partial charge on any atom is -0.490 e. The van der Waals surface area contributed by atoms with E-state index >= 15 is 0 Å². The molecule has 2 aromatic carbocycles. The maximum absolute atomic E-state index is 6.31. The van der Waals surface area contributed by atoms with Crippen molar-refractivity contribution in [2.24, 2.45) is 0 Å². The summed E-state index contributed by atoms with van der Waals surface area (Å²) in [6, 6.07) is 16.6. The Morgan fingerprint density at radius 2 is 1.81 bits per heavy atom. The SMILES string of the molecule is CC(C)Oc1c(-c2ccc(OC3CCN(C4CCCO4)CC3)cc2)ccc2cccnc12. The highest BCUT2D eigenvalue weighted by Gasteiger charge is 2.28. The van der Waals surface area contributed by atoms with Crippen LogP contribution in [0.4, 0.5) is 0 Å². The predicted octanol–water partition coefficient (Wildman–Crippen LogP) is 5.67. The monoisotopic (exact) mass is 432 g/mol. The zero-order chi connectivity index (χ0) is 21.9. The zero-order valence-corrected chi connectivity index (χ0v) is 19.0. The standard InChI is InChI=1S/C27H32N2O3/c1-19(2)31-27-24(12-9-21-5-3-15-28-26(21)27)20-7-10-22(11-8-20)32-23-13-16-29(17-14-23)25-6-4-18-30-25/h3,5,7-12,15,19,23,25H,4,6,13-14,16-18H2,1-2H3. The van der Waals surface area contributed by atoms with E-state index in [-0.39, 0.29) is 12.2 Å². The fourth-order valence-corrected chi connectivity index (χ4v) is 4.74. The first kappa shape index (κ1) is 21.2. The van der Waals surface area contributed by atoms with Gasteiger partial charge in [-0.15, -0.1) is 0 Å². The van der Waals surface area contributed by atoms with Gasteiger partial charge in [-0.05, 0) is 69.4 Å². The summed E-state index contributed by atoms with van der Waals surface area (Å²) in [7, 11) is 0. The van der Waals surface area contributed by atoms with E-state index < -0.39 is 0 Å². The van der Waals surface area contributed by atoms with Gasteiger partial charge < -0.3 is 14.2 Å². The molecule has 1 unspecified atom stereocenters. The second-order valence-corrected chi connectivity index (χ2v) is 9.03. The van der Waals surface area contributed by atoms with Gasteiger partial charge in [0.1, 0.15) is 23.6 Å². The zero-order valence-electron chi connectivity index (χ0n) is 19.0. The molecular formula is C27H32N2O3. The van der Waals surface area contributed by atoms with Gasteiger partial charge in [0, 0.05) is 36.8 Å². The van der Waals surface area contributed by atoms with Crippen LogP contribution in [0.1, 0.15) is 39.5 Å². The number of ether oxygens (including phenoxy) is 3. The second-order valence-electron chi connectivity index (χ2n) is 9.03. The lowest BCUT2D eigenvalue weighted by Crippen LogP contribution is -2.43. The summed E-state index contributed by atoms with van der Waals surface area (Å²) in [4.78, 5) is 7.06. The molecule has 2 fully saturated rings. The van der Waals surface area contributed by atoms with E-state index in [1.807, 2.05) is 26.1 Å². The number of hydrogen-bond donors (Lipinski definition) is 0. The molecule has 2 aliphatic rings. The van der Waals surface area contributed by atoms with E-state index in [1.165, 1.54) is 12.8 Å². The Labute approximate surface area is 190 Å². The molecule has 2 saturated heterocycles. The summed E-state index contributed by atoms with van der Waals surface area (Å²) >= 11 is 0. The largest absolute Gasteiger partial charge is 0.490 e. The Bertz CT molecular complexity index is 1040. The molecule has 0 bridgehead atoms. The normalized spacial score (nSPS) is 20.2. The molecule has 5 nitrogen and oxygen atoms in total. The molecule has 0 aliphatic carbocycles. The van der Waals surface area contributed by atoms with Crippen molar-refractivity contribution in [1.82, 2.24) is 9.88 Å². The smallest absolute Gasteiger partial charge is 0.153 e. The van der Waals surface area contributed by atoms with Crippen molar-refractivity contribution in [3.8, 4) is 22.6 Å². The number of pyridine rings is 1. The third-order valence-electron chi connectivity index (χ3n) is 6.34. The minimum absolute atomic E-state index is 0.0736. The van der Waals surface area contributed by atoms with Gasteiger partial charge in [-0.3, -0.25) is 9.88 Å². The van der Waals surface area contributed by atoms with Crippen LogP contribution >= 0.6 is 0 Å². The molecule has 0 N–H and O–H groups in total. The van der Waals surface area contributed by atoms with Crippen molar-refractivity contribution in [3.63, 3.8) is 0 Å². The van der Waals surface area contributed by atoms with Crippen LogP contribution in [0, 0.1) is 0 Å². The van der Waals surface area contributed by atoms with Crippen molar-refractivity contribution in [1.29, 1.82) is 0 Å².